The normalized spacial score (nSPS) is 14.0. The van der Waals surface area contributed by atoms with Crippen molar-refractivity contribution in [2.24, 2.45) is 7.05 Å². The minimum atomic E-state index is -0.00424. The smallest absolute Gasteiger partial charge is 0.257 e. The summed E-state index contributed by atoms with van der Waals surface area (Å²) in [5.41, 5.74) is 2.74. The first-order valence-corrected chi connectivity index (χ1v) is 7.53. The van der Waals surface area contributed by atoms with Crippen molar-refractivity contribution < 1.29 is 9.53 Å². The predicted molar refractivity (Wildman–Crippen MR) is 82.3 cm³/mol. The molecule has 3 rings (SSSR count). The molecule has 21 heavy (non-hydrogen) atoms. The Labute approximate surface area is 131 Å². The summed E-state index contributed by atoms with van der Waals surface area (Å²) >= 11 is 3.43. The molecule has 6 heteroatoms. The van der Waals surface area contributed by atoms with Crippen LogP contribution in [0.25, 0.3) is 0 Å². The molecule has 1 aromatic carbocycles. The van der Waals surface area contributed by atoms with Gasteiger partial charge in [-0.25, -0.2) is 4.98 Å². The van der Waals surface area contributed by atoms with Crippen LogP contribution in [-0.4, -0.2) is 34.0 Å². The van der Waals surface area contributed by atoms with Crippen LogP contribution in [0.15, 0.2) is 29.0 Å². The molecule has 2 heterocycles. The summed E-state index contributed by atoms with van der Waals surface area (Å²) < 4.78 is 8.07. The van der Waals surface area contributed by atoms with Crippen molar-refractivity contribution in [3.63, 3.8) is 0 Å². The lowest BCUT2D eigenvalue weighted by atomic mass is 10.1. The number of carbonyl (C=O) groups is 1. The fraction of sp³-hybridized carbons (Fsp3) is 0.333. The molecular formula is C15H16BrN3O2. The molecule has 0 aliphatic carbocycles. The molecule has 1 aliphatic rings. The molecule has 0 N–H and O–H groups in total. The van der Waals surface area contributed by atoms with Gasteiger partial charge < -0.3 is 14.2 Å². The Hall–Kier alpha value is -1.82. The van der Waals surface area contributed by atoms with E-state index in [0.717, 1.165) is 22.5 Å². The van der Waals surface area contributed by atoms with Crippen molar-refractivity contribution >= 4 is 21.8 Å². The lowest BCUT2D eigenvalue weighted by Gasteiger charge is -2.27. The Morgan fingerprint density at radius 1 is 1.38 bits per heavy atom. The fourth-order valence-corrected chi connectivity index (χ4v) is 3.05. The van der Waals surface area contributed by atoms with Crippen LogP contribution in [0.3, 0.4) is 0 Å². The van der Waals surface area contributed by atoms with E-state index in [2.05, 4.69) is 20.9 Å². The molecule has 0 bridgehead atoms. The Bertz CT molecular complexity index is 696. The molecule has 0 unspecified atom stereocenters. The quantitative estimate of drug-likeness (QED) is 0.836. The van der Waals surface area contributed by atoms with Gasteiger partial charge in [-0.3, -0.25) is 4.79 Å². The van der Waals surface area contributed by atoms with Crippen molar-refractivity contribution in [1.82, 2.24) is 14.5 Å². The highest BCUT2D eigenvalue weighted by Gasteiger charge is 2.27. The summed E-state index contributed by atoms with van der Waals surface area (Å²) in [5, 5.41) is 0. The average Bonchev–Trinajstić information content (AvgIpc) is 2.81. The molecule has 0 radical (unpaired) electrons. The third kappa shape index (κ3) is 2.44. The number of carbonyl (C=O) groups excluding carboxylic acids is 1. The highest BCUT2D eigenvalue weighted by atomic mass is 79.9. The molecule has 1 aromatic heterocycles. The number of benzene rings is 1. The summed E-state index contributed by atoms with van der Waals surface area (Å²) in [5.74, 6) is 0.606. The monoisotopic (exact) mass is 349 g/mol. The molecule has 0 saturated carbocycles. The van der Waals surface area contributed by atoms with E-state index in [-0.39, 0.29) is 5.91 Å². The molecule has 0 saturated heterocycles. The minimum absolute atomic E-state index is 0.00424. The molecule has 110 valence electrons. The van der Waals surface area contributed by atoms with Crippen LogP contribution in [0.4, 0.5) is 0 Å². The van der Waals surface area contributed by atoms with Crippen molar-refractivity contribution in [3.8, 4) is 5.75 Å². The van der Waals surface area contributed by atoms with Gasteiger partial charge in [0.25, 0.3) is 5.91 Å². The third-order valence-electron chi connectivity index (χ3n) is 3.83. The van der Waals surface area contributed by atoms with Gasteiger partial charge in [-0.15, -0.1) is 0 Å². The first kappa shape index (κ1) is 14.1. The zero-order valence-corrected chi connectivity index (χ0v) is 13.6. The van der Waals surface area contributed by atoms with Crippen LogP contribution in [0.2, 0.25) is 0 Å². The van der Waals surface area contributed by atoms with Crippen LogP contribution < -0.4 is 4.74 Å². The van der Waals surface area contributed by atoms with Crippen molar-refractivity contribution in [3.05, 3.63) is 46.0 Å². The molecular weight excluding hydrogens is 334 g/mol. The van der Waals surface area contributed by atoms with Crippen LogP contribution >= 0.6 is 15.9 Å². The zero-order chi connectivity index (χ0) is 15.0. The number of hydrogen-bond acceptors (Lipinski definition) is 3. The Morgan fingerprint density at radius 2 is 2.14 bits per heavy atom. The van der Waals surface area contributed by atoms with Gasteiger partial charge in [0, 0.05) is 20.0 Å². The first-order chi connectivity index (χ1) is 10.1. The van der Waals surface area contributed by atoms with E-state index in [9.17, 15) is 4.79 Å². The number of nitrogens with zero attached hydrogens (tertiary/aromatic N) is 3. The topological polar surface area (TPSA) is 47.4 Å². The highest BCUT2D eigenvalue weighted by Crippen LogP contribution is 2.25. The van der Waals surface area contributed by atoms with Gasteiger partial charge in [-0.2, -0.15) is 0 Å². The number of aromatic nitrogens is 2. The number of para-hydroxylation sites is 1. The van der Waals surface area contributed by atoms with Crippen molar-refractivity contribution in [2.75, 3.05) is 13.7 Å². The van der Waals surface area contributed by atoms with Crippen LogP contribution in [0.5, 0.6) is 5.75 Å². The van der Waals surface area contributed by atoms with E-state index in [1.807, 2.05) is 34.7 Å². The van der Waals surface area contributed by atoms with E-state index in [1.54, 1.807) is 13.2 Å². The maximum absolute atomic E-state index is 12.7. The molecule has 5 nitrogen and oxygen atoms in total. The van der Waals surface area contributed by atoms with Gasteiger partial charge in [-0.1, -0.05) is 12.1 Å². The maximum atomic E-state index is 12.7. The van der Waals surface area contributed by atoms with Crippen molar-refractivity contribution in [1.29, 1.82) is 0 Å². The second-order valence-corrected chi connectivity index (χ2v) is 5.72. The van der Waals surface area contributed by atoms with Gasteiger partial charge in [0.1, 0.15) is 5.75 Å². The predicted octanol–water partition coefficient (Wildman–Crippen LogP) is 2.39. The maximum Gasteiger partial charge on any atom is 0.257 e. The summed E-state index contributed by atoms with van der Waals surface area (Å²) in [4.78, 5) is 19.0. The van der Waals surface area contributed by atoms with E-state index < -0.39 is 0 Å². The second-order valence-electron chi connectivity index (χ2n) is 5.01. The molecule has 2 aromatic rings. The summed E-state index contributed by atoms with van der Waals surface area (Å²) in [6.45, 7) is 1.24. The average molecular weight is 350 g/mol. The van der Waals surface area contributed by atoms with Gasteiger partial charge in [-0.05, 0) is 28.1 Å². The molecule has 0 atom stereocenters. The van der Waals surface area contributed by atoms with E-state index in [1.165, 1.54) is 0 Å². The van der Waals surface area contributed by atoms with Gasteiger partial charge in [0.15, 0.2) is 4.73 Å². The van der Waals surface area contributed by atoms with Gasteiger partial charge in [0.2, 0.25) is 0 Å². The second kappa shape index (κ2) is 5.52. The zero-order valence-electron chi connectivity index (χ0n) is 12.0. The fourth-order valence-electron chi connectivity index (χ4n) is 2.62. The van der Waals surface area contributed by atoms with E-state index >= 15 is 0 Å². The summed E-state index contributed by atoms with van der Waals surface area (Å²) in [6, 6.07) is 7.33. The standard InChI is InChI=1S/C15H16BrN3O2/c1-18-12-9-19(8-7-11(12)17-15(18)16)14(20)10-5-3-4-6-13(10)21-2/h3-6H,7-9H2,1-2H3. The number of methoxy groups -OCH3 is 1. The number of amides is 1. The first-order valence-electron chi connectivity index (χ1n) is 6.74. The number of rotatable bonds is 2. The van der Waals surface area contributed by atoms with E-state index in [0.29, 0.717) is 24.4 Å². The molecule has 1 aliphatic heterocycles. The van der Waals surface area contributed by atoms with Gasteiger partial charge >= 0.3 is 0 Å². The lowest BCUT2D eigenvalue weighted by Crippen LogP contribution is -2.36. The largest absolute Gasteiger partial charge is 0.496 e. The Morgan fingerprint density at radius 3 is 2.90 bits per heavy atom. The summed E-state index contributed by atoms with van der Waals surface area (Å²) in [6.07, 6.45) is 0.773. The van der Waals surface area contributed by atoms with Gasteiger partial charge in [0.05, 0.1) is 30.6 Å². The third-order valence-corrected chi connectivity index (χ3v) is 4.54. The molecule has 0 spiro atoms. The van der Waals surface area contributed by atoms with Crippen LogP contribution in [0.1, 0.15) is 21.7 Å². The SMILES string of the molecule is COc1ccccc1C(=O)N1CCc2nc(Br)n(C)c2C1. The highest BCUT2D eigenvalue weighted by molar-refractivity contribution is 9.10. The molecule has 0 fully saturated rings. The number of ether oxygens (including phenoxy) is 1. The van der Waals surface area contributed by atoms with Crippen molar-refractivity contribution in [2.45, 2.75) is 13.0 Å². The molecule has 1 amide bonds. The number of halogens is 1. The number of fused-ring (bicyclic) bond motifs is 1. The Balaban J connectivity index is 1.89. The number of hydrogen-bond donors (Lipinski definition) is 0. The van der Waals surface area contributed by atoms with Crippen LogP contribution in [-0.2, 0) is 20.0 Å². The van der Waals surface area contributed by atoms with E-state index in [4.69, 9.17) is 4.74 Å². The minimum Gasteiger partial charge on any atom is -0.496 e. The number of imidazole rings is 1. The Kier molecular flexibility index (Phi) is 3.71. The lowest BCUT2D eigenvalue weighted by molar-refractivity contribution is 0.0726. The van der Waals surface area contributed by atoms with Crippen LogP contribution in [0, 0.1) is 0 Å². The summed E-state index contributed by atoms with van der Waals surface area (Å²) in [7, 11) is 3.53.